The number of phenolic OH excluding ortho intramolecular Hbond substituents is 1. The van der Waals surface area contributed by atoms with Gasteiger partial charge >= 0.3 is 0 Å². The zero-order chi connectivity index (χ0) is 13.8. The highest BCUT2D eigenvalue weighted by molar-refractivity contribution is 5.42. The quantitative estimate of drug-likeness (QED) is 0.901. The van der Waals surface area contributed by atoms with Crippen molar-refractivity contribution in [1.29, 1.82) is 0 Å². The van der Waals surface area contributed by atoms with Crippen molar-refractivity contribution < 1.29 is 9.84 Å². The number of phenols is 1. The molecule has 0 aliphatic carbocycles. The Labute approximate surface area is 114 Å². The smallest absolute Gasteiger partial charge is 0.121 e. The maximum Gasteiger partial charge on any atom is 0.121 e. The van der Waals surface area contributed by atoms with Gasteiger partial charge in [-0.25, -0.2) is 0 Å². The van der Waals surface area contributed by atoms with Crippen molar-refractivity contribution in [3.63, 3.8) is 0 Å². The lowest BCUT2D eigenvalue weighted by Gasteiger charge is -2.08. The fourth-order valence-corrected chi connectivity index (χ4v) is 2.31. The van der Waals surface area contributed by atoms with Crippen molar-refractivity contribution in [3.8, 4) is 11.5 Å². The molecule has 0 saturated carbocycles. The first kappa shape index (κ1) is 13.5. The van der Waals surface area contributed by atoms with E-state index in [1.807, 2.05) is 26.0 Å². The largest absolute Gasteiger partial charge is 0.507 e. The van der Waals surface area contributed by atoms with Crippen LogP contribution in [0.2, 0.25) is 0 Å². The third-order valence-corrected chi connectivity index (χ3v) is 3.39. The third-order valence-electron chi connectivity index (χ3n) is 3.39. The molecule has 2 heteroatoms. The van der Waals surface area contributed by atoms with E-state index in [1.165, 1.54) is 11.1 Å². The minimum atomic E-state index is 0.408. The molecule has 0 aliphatic heterocycles. The maximum atomic E-state index is 9.77. The third kappa shape index (κ3) is 3.28. The number of hydrogen-bond donors (Lipinski definition) is 1. The van der Waals surface area contributed by atoms with Crippen LogP contribution in [0, 0.1) is 13.8 Å². The van der Waals surface area contributed by atoms with E-state index in [0.717, 1.165) is 29.7 Å². The lowest BCUT2D eigenvalue weighted by molar-refractivity contribution is 0.414. The van der Waals surface area contributed by atoms with Crippen LogP contribution in [-0.4, -0.2) is 12.2 Å². The second-order valence-electron chi connectivity index (χ2n) is 4.93. The van der Waals surface area contributed by atoms with Crippen LogP contribution < -0.4 is 4.74 Å². The summed E-state index contributed by atoms with van der Waals surface area (Å²) in [6.45, 7) is 3.88. The molecule has 2 aromatic rings. The minimum absolute atomic E-state index is 0.408. The van der Waals surface area contributed by atoms with Gasteiger partial charge in [-0.2, -0.15) is 0 Å². The van der Waals surface area contributed by atoms with Gasteiger partial charge in [0.05, 0.1) is 7.11 Å². The fraction of sp³-hybridized carbons (Fsp3) is 0.294. The molecule has 0 aliphatic rings. The Morgan fingerprint density at radius 1 is 0.947 bits per heavy atom. The number of benzene rings is 2. The molecule has 2 rings (SSSR count). The summed E-state index contributed by atoms with van der Waals surface area (Å²) < 4.78 is 5.23. The number of hydrogen-bond acceptors (Lipinski definition) is 2. The first-order valence-electron chi connectivity index (χ1n) is 6.52. The topological polar surface area (TPSA) is 29.5 Å². The Morgan fingerprint density at radius 3 is 2.21 bits per heavy atom. The molecule has 2 aromatic carbocycles. The monoisotopic (exact) mass is 256 g/mol. The zero-order valence-corrected chi connectivity index (χ0v) is 11.7. The summed E-state index contributed by atoms with van der Waals surface area (Å²) in [6, 6.07) is 12.3. The Hall–Kier alpha value is -1.96. The molecule has 0 fully saturated rings. The van der Waals surface area contributed by atoms with Gasteiger partial charge in [0, 0.05) is 0 Å². The molecule has 0 atom stereocenters. The van der Waals surface area contributed by atoms with Crippen LogP contribution in [0.25, 0.3) is 0 Å². The van der Waals surface area contributed by atoms with E-state index in [2.05, 4.69) is 24.3 Å². The second-order valence-corrected chi connectivity index (χ2v) is 4.93. The molecule has 0 heterocycles. The molecule has 0 bridgehead atoms. The van der Waals surface area contributed by atoms with Crippen molar-refractivity contribution in [1.82, 2.24) is 0 Å². The molecule has 0 aromatic heterocycles. The number of ether oxygens (including phenoxy) is 1. The SMILES string of the molecule is COc1cccc(CCc2cc(C)c(O)c(C)c2)c1. The van der Waals surface area contributed by atoms with E-state index in [-0.39, 0.29) is 0 Å². The zero-order valence-electron chi connectivity index (χ0n) is 11.7. The first-order chi connectivity index (χ1) is 9.10. The summed E-state index contributed by atoms with van der Waals surface area (Å²) in [6.07, 6.45) is 1.94. The van der Waals surface area contributed by atoms with Crippen LogP contribution in [0.1, 0.15) is 22.3 Å². The summed E-state index contributed by atoms with van der Waals surface area (Å²) in [7, 11) is 1.69. The molecule has 0 unspecified atom stereocenters. The first-order valence-corrected chi connectivity index (χ1v) is 6.52. The Balaban J connectivity index is 2.10. The molecule has 0 radical (unpaired) electrons. The summed E-state index contributed by atoms with van der Waals surface area (Å²) in [5, 5.41) is 9.77. The average Bonchev–Trinajstić information content (AvgIpc) is 2.42. The van der Waals surface area contributed by atoms with Crippen LogP contribution >= 0.6 is 0 Å². The van der Waals surface area contributed by atoms with Crippen molar-refractivity contribution in [2.24, 2.45) is 0 Å². The highest BCUT2D eigenvalue weighted by Gasteiger charge is 2.04. The van der Waals surface area contributed by atoms with Gasteiger partial charge in [-0.05, 0) is 61.1 Å². The fourth-order valence-electron chi connectivity index (χ4n) is 2.31. The van der Waals surface area contributed by atoms with Crippen molar-refractivity contribution in [2.45, 2.75) is 26.7 Å². The predicted octanol–water partition coefficient (Wildman–Crippen LogP) is 3.80. The van der Waals surface area contributed by atoms with Crippen LogP contribution in [0.4, 0.5) is 0 Å². The molecule has 0 spiro atoms. The maximum absolute atomic E-state index is 9.77. The van der Waals surface area contributed by atoms with Gasteiger partial charge in [-0.3, -0.25) is 0 Å². The van der Waals surface area contributed by atoms with Gasteiger partial charge in [-0.15, -0.1) is 0 Å². The van der Waals surface area contributed by atoms with Gasteiger partial charge in [-0.1, -0.05) is 24.3 Å². The van der Waals surface area contributed by atoms with E-state index >= 15 is 0 Å². The van der Waals surface area contributed by atoms with E-state index in [1.54, 1.807) is 7.11 Å². The standard InChI is InChI=1S/C17H20O2/c1-12-9-15(10-13(2)17(12)18)8-7-14-5-4-6-16(11-14)19-3/h4-6,9-11,18H,7-8H2,1-3H3. The van der Waals surface area contributed by atoms with E-state index in [4.69, 9.17) is 4.74 Å². The summed E-state index contributed by atoms with van der Waals surface area (Å²) >= 11 is 0. The van der Waals surface area contributed by atoms with Crippen molar-refractivity contribution >= 4 is 0 Å². The van der Waals surface area contributed by atoms with Gasteiger partial charge in [0.15, 0.2) is 0 Å². The molecule has 100 valence electrons. The summed E-state index contributed by atoms with van der Waals surface area (Å²) in [4.78, 5) is 0. The molecule has 0 saturated heterocycles. The molecule has 1 N–H and O–H groups in total. The van der Waals surface area contributed by atoms with Gasteiger partial charge in [0.25, 0.3) is 0 Å². The predicted molar refractivity (Wildman–Crippen MR) is 78.0 cm³/mol. The summed E-state index contributed by atoms with van der Waals surface area (Å²) in [5.41, 5.74) is 4.42. The Bertz CT molecular complexity index is 550. The lowest BCUT2D eigenvalue weighted by atomic mass is 10.00. The van der Waals surface area contributed by atoms with E-state index in [9.17, 15) is 5.11 Å². The van der Waals surface area contributed by atoms with Crippen LogP contribution in [-0.2, 0) is 12.8 Å². The number of aromatic hydroxyl groups is 1. The second kappa shape index (κ2) is 5.79. The number of aryl methyl sites for hydroxylation is 4. The number of rotatable bonds is 4. The summed E-state index contributed by atoms with van der Waals surface area (Å²) in [5.74, 6) is 1.31. The number of methoxy groups -OCH3 is 1. The minimum Gasteiger partial charge on any atom is -0.507 e. The molecule has 2 nitrogen and oxygen atoms in total. The molecular formula is C17H20O2. The Morgan fingerprint density at radius 2 is 1.58 bits per heavy atom. The van der Waals surface area contributed by atoms with E-state index in [0.29, 0.717) is 5.75 Å². The van der Waals surface area contributed by atoms with Gasteiger partial charge < -0.3 is 9.84 Å². The van der Waals surface area contributed by atoms with Gasteiger partial charge in [0.2, 0.25) is 0 Å². The Kier molecular flexibility index (Phi) is 4.10. The van der Waals surface area contributed by atoms with E-state index < -0.39 is 0 Å². The highest BCUT2D eigenvalue weighted by atomic mass is 16.5. The molecular weight excluding hydrogens is 236 g/mol. The van der Waals surface area contributed by atoms with Crippen molar-refractivity contribution in [2.75, 3.05) is 7.11 Å². The highest BCUT2D eigenvalue weighted by Crippen LogP contribution is 2.24. The average molecular weight is 256 g/mol. The normalized spacial score (nSPS) is 10.5. The van der Waals surface area contributed by atoms with Crippen LogP contribution in [0.5, 0.6) is 11.5 Å². The van der Waals surface area contributed by atoms with Crippen LogP contribution in [0.3, 0.4) is 0 Å². The van der Waals surface area contributed by atoms with Crippen molar-refractivity contribution in [3.05, 3.63) is 58.7 Å². The molecule has 0 amide bonds. The molecule has 19 heavy (non-hydrogen) atoms. The van der Waals surface area contributed by atoms with Crippen LogP contribution in [0.15, 0.2) is 36.4 Å². The van der Waals surface area contributed by atoms with Gasteiger partial charge in [0.1, 0.15) is 11.5 Å². The lowest BCUT2D eigenvalue weighted by Crippen LogP contribution is -1.94.